The second-order valence-electron chi connectivity index (χ2n) is 6.55. The van der Waals surface area contributed by atoms with Crippen molar-refractivity contribution in [3.8, 4) is 0 Å². The highest BCUT2D eigenvalue weighted by molar-refractivity contribution is 8.13. The minimum Gasteiger partial charge on any atom is -0.459 e. The van der Waals surface area contributed by atoms with Crippen molar-refractivity contribution in [1.29, 1.82) is 0 Å². The highest BCUT2D eigenvalue weighted by Crippen LogP contribution is 2.20. The third-order valence-electron chi connectivity index (χ3n) is 3.00. The number of hydrogen-bond donors (Lipinski definition) is 0. The smallest absolute Gasteiger partial charge is 0.326 e. The molecule has 24 heavy (non-hydrogen) atoms. The van der Waals surface area contributed by atoms with Crippen molar-refractivity contribution in [2.75, 3.05) is 17.2 Å². The SMILES string of the molecule is CC(=O)SCC(C)C(=O)N(CC(=O)OC(C)(C)C)c1ccccc1. The number of esters is 1. The number of rotatable bonds is 6. The lowest BCUT2D eigenvalue weighted by Crippen LogP contribution is -2.42. The van der Waals surface area contributed by atoms with Crippen LogP contribution in [0.15, 0.2) is 30.3 Å². The first kappa shape index (κ1) is 20.2. The van der Waals surface area contributed by atoms with E-state index in [1.54, 1.807) is 52.0 Å². The van der Waals surface area contributed by atoms with E-state index >= 15 is 0 Å². The van der Waals surface area contributed by atoms with E-state index in [-0.39, 0.29) is 23.5 Å². The van der Waals surface area contributed by atoms with Crippen LogP contribution in [0.2, 0.25) is 0 Å². The zero-order chi connectivity index (χ0) is 18.3. The van der Waals surface area contributed by atoms with Gasteiger partial charge in [0, 0.05) is 24.3 Å². The molecule has 0 aliphatic rings. The predicted octanol–water partition coefficient (Wildman–Crippen LogP) is 3.28. The van der Waals surface area contributed by atoms with Gasteiger partial charge in [-0.1, -0.05) is 36.9 Å². The van der Waals surface area contributed by atoms with Crippen molar-refractivity contribution in [3.63, 3.8) is 0 Å². The van der Waals surface area contributed by atoms with E-state index in [4.69, 9.17) is 4.74 Å². The van der Waals surface area contributed by atoms with E-state index < -0.39 is 11.6 Å². The summed E-state index contributed by atoms with van der Waals surface area (Å²) in [6.45, 7) is 8.42. The number of para-hydroxylation sites is 1. The molecule has 0 heterocycles. The first-order valence-electron chi connectivity index (χ1n) is 7.82. The van der Waals surface area contributed by atoms with Crippen LogP contribution in [0, 0.1) is 5.92 Å². The average Bonchev–Trinajstić information content (AvgIpc) is 2.48. The molecular formula is C18H25NO4S. The molecule has 1 amide bonds. The third kappa shape index (κ3) is 7.17. The van der Waals surface area contributed by atoms with Gasteiger partial charge in [0.25, 0.3) is 0 Å². The Morgan fingerprint density at radius 2 is 1.75 bits per heavy atom. The zero-order valence-corrected chi connectivity index (χ0v) is 15.7. The second-order valence-corrected chi connectivity index (χ2v) is 7.75. The van der Waals surface area contributed by atoms with Crippen LogP contribution in [0.5, 0.6) is 0 Å². The van der Waals surface area contributed by atoms with Crippen molar-refractivity contribution in [3.05, 3.63) is 30.3 Å². The molecule has 1 unspecified atom stereocenters. The van der Waals surface area contributed by atoms with Crippen LogP contribution in [0.25, 0.3) is 0 Å². The largest absolute Gasteiger partial charge is 0.459 e. The number of hydrogen-bond acceptors (Lipinski definition) is 5. The number of nitrogens with zero attached hydrogens (tertiary/aromatic N) is 1. The van der Waals surface area contributed by atoms with Gasteiger partial charge in [0.05, 0.1) is 0 Å². The number of carbonyl (C=O) groups is 3. The molecule has 1 atom stereocenters. The highest BCUT2D eigenvalue weighted by Gasteiger charge is 2.26. The summed E-state index contributed by atoms with van der Waals surface area (Å²) in [6, 6.07) is 8.99. The molecular weight excluding hydrogens is 326 g/mol. The lowest BCUT2D eigenvalue weighted by molar-refractivity contribution is -0.153. The van der Waals surface area contributed by atoms with Crippen LogP contribution < -0.4 is 4.90 Å². The van der Waals surface area contributed by atoms with Gasteiger partial charge in [-0.2, -0.15) is 0 Å². The van der Waals surface area contributed by atoms with Gasteiger partial charge in [0.1, 0.15) is 12.1 Å². The van der Waals surface area contributed by atoms with Gasteiger partial charge in [-0.3, -0.25) is 14.4 Å². The van der Waals surface area contributed by atoms with Gasteiger partial charge in [-0.05, 0) is 32.9 Å². The quantitative estimate of drug-likeness (QED) is 0.736. The Morgan fingerprint density at radius 1 is 1.17 bits per heavy atom. The Bertz CT molecular complexity index is 580. The summed E-state index contributed by atoms with van der Waals surface area (Å²) in [5.41, 5.74) is 0.0199. The lowest BCUT2D eigenvalue weighted by Gasteiger charge is -2.27. The molecule has 6 heteroatoms. The van der Waals surface area contributed by atoms with E-state index in [9.17, 15) is 14.4 Å². The topological polar surface area (TPSA) is 63.7 Å². The number of anilines is 1. The van der Waals surface area contributed by atoms with E-state index in [0.717, 1.165) is 11.8 Å². The number of amides is 1. The van der Waals surface area contributed by atoms with Crippen molar-refractivity contribution < 1.29 is 19.1 Å². The monoisotopic (exact) mass is 351 g/mol. The lowest BCUT2D eigenvalue weighted by atomic mass is 10.1. The van der Waals surface area contributed by atoms with Crippen LogP contribution in [0.1, 0.15) is 34.6 Å². The molecule has 0 aromatic heterocycles. The van der Waals surface area contributed by atoms with E-state index in [1.807, 2.05) is 6.07 Å². The van der Waals surface area contributed by atoms with E-state index in [0.29, 0.717) is 11.4 Å². The molecule has 0 aliphatic heterocycles. The van der Waals surface area contributed by atoms with Crippen molar-refractivity contribution in [2.24, 2.45) is 5.92 Å². The number of thioether (sulfide) groups is 1. The first-order chi connectivity index (χ1) is 11.1. The Kier molecular flexibility index (Phi) is 7.48. The molecule has 0 N–H and O–H groups in total. The van der Waals surface area contributed by atoms with Gasteiger partial charge < -0.3 is 9.64 Å². The van der Waals surface area contributed by atoms with Gasteiger partial charge in [-0.15, -0.1) is 0 Å². The van der Waals surface area contributed by atoms with E-state index in [1.165, 1.54) is 11.8 Å². The summed E-state index contributed by atoms with van der Waals surface area (Å²) in [6.07, 6.45) is 0. The fourth-order valence-electron chi connectivity index (χ4n) is 1.99. The van der Waals surface area contributed by atoms with Crippen molar-refractivity contribution in [1.82, 2.24) is 0 Å². The third-order valence-corrected chi connectivity index (χ3v) is 4.07. The van der Waals surface area contributed by atoms with E-state index in [2.05, 4.69) is 0 Å². The highest BCUT2D eigenvalue weighted by atomic mass is 32.2. The normalized spacial score (nSPS) is 12.4. The average molecular weight is 351 g/mol. The van der Waals surface area contributed by atoms with Gasteiger partial charge >= 0.3 is 5.97 Å². The standard InChI is InChI=1S/C18H25NO4S/c1-13(12-24-14(2)20)17(22)19(15-9-7-6-8-10-15)11-16(21)23-18(3,4)5/h6-10,13H,11-12H2,1-5H3. The number of ether oxygens (including phenoxy) is 1. The Morgan fingerprint density at radius 3 is 2.25 bits per heavy atom. The van der Waals surface area contributed by atoms with Crippen LogP contribution in [-0.4, -0.2) is 34.9 Å². The van der Waals surface area contributed by atoms with Crippen LogP contribution in [0.4, 0.5) is 5.69 Å². The predicted molar refractivity (Wildman–Crippen MR) is 96.9 cm³/mol. The maximum atomic E-state index is 12.8. The van der Waals surface area contributed by atoms with Gasteiger partial charge in [0.15, 0.2) is 5.12 Å². The molecule has 0 spiro atoms. The van der Waals surface area contributed by atoms with Crippen molar-refractivity contribution >= 4 is 34.4 Å². The molecule has 5 nitrogen and oxygen atoms in total. The molecule has 0 radical (unpaired) electrons. The summed E-state index contributed by atoms with van der Waals surface area (Å²) in [5.74, 6) is -0.681. The molecule has 0 aliphatic carbocycles. The molecule has 0 saturated carbocycles. The Balaban J connectivity index is 2.91. The summed E-state index contributed by atoms with van der Waals surface area (Å²) in [4.78, 5) is 37.4. The first-order valence-corrected chi connectivity index (χ1v) is 8.80. The summed E-state index contributed by atoms with van der Waals surface area (Å²) < 4.78 is 5.33. The second kappa shape index (κ2) is 8.87. The summed E-state index contributed by atoms with van der Waals surface area (Å²) >= 11 is 1.11. The molecule has 0 bridgehead atoms. The maximum Gasteiger partial charge on any atom is 0.326 e. The fourth-order valence-corrected chi connectivity index (χ4v) is 2.61. The Labute approximate surface area is 147 Å². The fraction of sp³-hybridized carbons (Fsp3) is 0.500. The van der Waals surface area contributed by atoms with Gasteiger partial charge in [0.2, 0.25) is 5.91 Å². The molecule has 132 valence electrons. The molecule has 0 fully saturated rings. The number of benzene rings is 1. The maximum absolute atomic E-state index is 12.8. The minimum atomic E-state index is -0.613. The molecule has 1 rings (SSSR count). The molecule has 0 saturated heterocycles. The zero-order valence-electron chi connectivity index (χ0n) is 14.9. The minimum absolute atomic E-state index is 0.0342. The molecule has 1 aromatic rings. The van der Waals surface area contributed by atoms with Crippen LogP contribution in [-0.2, 0) is 19.1 Å². The summed E-state index contributed by atoms with van der Waals surface area (Å²) in [5, 5.41) is -0.0342. The summed E-state index contributed by atoms with van der Waals surface area (Å²) in [7, 11) is 0. The van der Waals surface area contributed by atoms with Gasteiger partial charge in [-0.25, -0.2) is 0 Å². The van der Waals surface area contributed by atoms with Crippen LogP contribution in [0.3, 0.4) is 0 Å². The Hall–Kier alpha value is -1.82. The van der Waals surface area contributed by atoms with Crippen molar-refractivity contribution in [2.45, 2.75) is 40.2 Å². The van der Waals surface area contributed by atoms with Crippen LogP contribution >= 0.6 is 11.8 Å². The number of carbonyl (C=O) groups excluding carboxylic acids is 3. The molecule has 1 aromatic carbocycles.